The molecule has 3 heterocycles. The maximum atomic E-state index is 13.4. The highest BCUT2D eigenvalue weighted by atomic mass is 32.2. The van der Waals surface area contributed by atoms with Crippen LogP contribution in [0, 0.1) is 11.8 Å². The van der Waals surface area contributed by atoms with Crippen LogP contribution in [0.4, 0.5) is 11.5 Å². The number of amides is 2. The van der Waals surface area contributed by atoms with Crippen molar-refractivity contribution in [3.8, 4) is 11.3 Å². The number of nitrogens with one attached hydrogen (secondary N) is 2. The van der Waals surface area contributed by atoms with E-state index in [1.165, 1.54) is 4.52 Å². The number of hydrogen-bond donors (Lipinski definition) is 4. The molecule has 2 aliphatic carbocycles. The number of sulfonamides is 1. The molecule has 13 heteroatoms. The molecule has 1 atom stereocenters. The second-order valence-corrected chi connectivity index (χ2v) is 12.7. The summed E-state index contributed by atoms with van der Waals surface area (Å²) in [6, 6.07) is 5.21. The minimum Gasteiger partial charge on any atom is -0.393 e. The summed E-state index contributed by atoms with van der Waals surface area (Å²) in [7, 11) is -3.67. The summed E-state index contributed by atoms with van der Waals surface area (Å²) < 4.78 is 28.3. The first kappa shape index (κ1) is 25.6. The third-order valence-corrected chi connectivity index (χ3v) is 8.51. The van der Waals surface area contributed by atoms with Gasteiger partial charge in [0.25, 0.3) is 11.8 Å². The molecule has 0 unspecified atom stereocenters. The summed E-state index contributed by atoms with van der Waals surface area (Å²) in [5.41, 5.74) is 8.82. The zero-order valence-electron chi connectivity index (χ0n) is 21.7. The van der Waals surface area contributed by atoms with Crippen LogP contribution in [0.2, 0.25) is 0 Å². The number of rotatable bonds is 8. The van der Waals surface area contributed by atoms with Crippen molar-refractivity contribution in [2.24, 2.45) is 11.8 Å². The summed E-state index contributed by atoms with van der Waals surface area (Å²) in [4.78, 5) is 32.9. The summed E-state index contributed by atoms with van der Waals surface area (Å²) in [5, 5.41) is 16.6. The maximum Gasteiger partial charge on any atom is 0.258 e. The number of nitrogens with two attached hydrogens (primary N) is 1. The molecule has 206 valence electrons. The lowest BCUT2D eigenvalue weighted by molar-refractivity contribution is 0.0420. The molecule has 0 bridgehead atoms. The maximum absolute atomic E-state index is 13.4. The molecule has 0 spiro atoms. The molecule has 0 radical (unpaired) electrons. The molecule has 1 aromatic carbocycles. The van der Waals surface area contributed by atoms with Crippen LogP contribution in [0.5, 0.6) is 0 Å². The second kappa shape index (κ2) is 9.19. The average Bonchev–Trinajstić information content (AvgIpc) is 3.56. The molecule has 39 heavy (non-hydrogen) atoms. The van der Waals surface area contributed by atoms with Gasteiger partial charge in [-0.3, -0.25) is 14.3 Å². The number of aromatic nitrogens is 3. The number of nitrogens with zero attached hydrogens (tertiary/aromatic N) is 4. The number of hydrogen-bond acceptors (Lipinski definition) is 8. The molecular weight excluding hydrogens is 522 g/mol. The number of anilines is 2. The number of carbonyl (C=O) groups excluding carboxylic acids is 2. The van der Waals surface area contributed by atoms with Gasteiger partial charge in [0.1, 0.15) is 5.56 Å². The summed E-state index contributed by atoms with van der Waals surface area (Å²) >= 11 is 0. The molecule has 2 saturated carbocycles. The van der Waals surface area contributed by atoms with Crippen LogP contribution in [0.25, 0.3) is 16.9 Å². The van der Waals surface area contributed by atoms with Crippen LogP contribution in [-0.2, 0) is 16.6 Å². The first-order valence-electron chi connectivity index (χ1n) is 13.1. The van der Waals surface area contributed by atoms with E-state index in [1.54, 1.807) is 23.2 Å². The predicted octanol–water partition coefficient (Wildman–Crippen LogP) is 1.60. The predicted molar refractivity (Wildman–Crippen MR) is 144 cm³/mol. The Bertz CT molecular complexity index is 1610. The van der Waals surface area contributed by atoms with Crippen LogP contribution in [0.1, 0.15) is 58.9 Å². The lowest BCUT2D eigenvalue weighted by Gasteiger charge is -2.31. The quantitative estimate of drug-likeness (QED) is 0.326. The smallest absolute Gasteiger partial charge is 0.258 e. The first-order chi connectivity index (χ1) is 18.5. The van der Waals surface area contributed by atoms with E-state index in [0.29, 0.717) is 54.2 Å². The van der Waals surface area contributed by atoms with Crippen LogP contribution in [0.15, 0.2) is 24.4 Å². The molecule has 0 saturated heterocycles. The second-order valence-electron chi connectivity index (χ2n) is 11.0. The van der Waals surface area contributed by atoms with Crippen molar-refractivity contribution in [1.82, 2.24) is 24.8 Å². The number of nitrogen functional groups attached to an aromatic ring is 1. The fraction of sp³-hybridized carbons (Fsp3) is 0.462. The average molecular weight is 554 g/mol. The monoisotopic (exact) mass is 553 g/mol. The van der Waals surface area contributed by atoms with Crippen molar-refractivity contribution >= 4 is 39.0 Å². The van der Waals surface area contributed by atoms with Crippen molar-refractivity contribution in [1.29, 1.82) is 0 Å². The fourth-order valence-electron chi connectivity index (χ4n) is 5.59. The molecule has 6 rings (SSSR count). The Morgan fingerprint density at radius 2 is 2.03 bits per heavy atom. The van der Waals surface area contributed by atoms with E-state index in [-0.39, 0.29) is 46.7 Å². The topological polar surface area (TPSA) is 172 Å². The first-order valence-corrected chi connectivity index (χ1v) is 14.9. The highest BCUT2D eigenvalue weighted by molar-refractivity contribution is 7.92. The number of carbonyl (C=O) groups is 2. The standard InChI is InChI=1S/C26H31N7O5S/c1-13(15-3-4-15)32-12-17-9-16(10-20(21(17)26(32)36)31-39(2,37)38)19-5-6-33-24(29-19)22(23(27)30-33)25(35)28-11-14-7-18(34)8-14/h5-6,9-10,13-15,18,31,34H,3-4,7-8,11-12H2,1-2H3,(H2,27,30)(H,28,35)/t13-,14?,18?/m0/s1. The Hall–Kier alpha value is -3.71. The van der Waals surface area contributed by atoms with Crippen LogP contribution in [-0.4, -0.2) is 69.8 Å². The van der Waals surface area contributed by atoms with Gasteiger partial charge < -0.3 is 21.1 Å². The normalized spacial score (nSPS) is 21.5. The molecule has 2 aromatic heterocycles. The Balaban J connectivity index is 1.37. The minimum absolute atomic E-state index is 0.0366. The number of benzene rings is 1. The van der Waals surface area contributed by atoms with Gasteiger partial charge in [0.2, 0.25) is 10.0 Å². The van der Waals surface area contributed by atoms with Gasteiger partial charge in [-0.05, 0) is 68.2 Å². The minimum atomic E-state index is -3.67. The molecule has 1 aliphatic heterocycles. The van der Waals surface area contributed by atoms with E-state index in [4.69, 9.17) is 5.73 Å². The van der Waals surface area contributed by atoms with Gasteiger partial charge >= 0.3 is 0 Å². The van der Waals surface area contributed by atoms with E-state index in [1.807, 2.05) is 13.0 Å². The zero-order chi connectivity index (χ0) is 27.6. The number of fused-ring (bicyclic) bond motifs is 2. The van der Waals surface area contributed by atoms with Crippen molar-refractivity contribution in [3.05, 3.63) is 41.1 Å². The number of aliphatic hydroxyl groups is 1. The van der Waals surface area contributed by atoms with E-state index < -0.39 is 15.9 Å². The van der Waals surface area contributed by atoms with E-state index in [2.05, 4.69) is 20.1 Å². The fourth-order valence-corrected chi connectivity index (χ4v) is 6.15. The van der Waals surface area contributed by atoms with Gasteiger partial charge in [0, 0.05) is 30.9 Å². The molecule has 2 amide bonds. The Morgan fingerprint density at radius 1 is 1.28 bits per heavy atom. The Morgan fingerprint density at radius 3 is 2.69 bits per heavy atom. The van der Waals surface area contributed by atoms with Gasteiger partial charge in [-0.25, -0.2) is 17.9 Å². The summed E-state index contributed by atoms with van der Waals surface area (Å²) in [6.07, 6.45) is 5.83. The third-order valence-electron chi connectivity index (χ3n) is 7.92. The lowest BCUT2D eigenvalue weighted by Crippen LogP contribution is -2.38. The number of aliphatic hydroxyl groups excluding tert-OH is 1. The highest BCUT2D eigenvalue weighted by Gasteiger charge is 2.40. The van der Waals surface area contributed by atoms with Crippen molar-refractivity contribution in [2.75, 3.05) is 23.3 Å². The molecule has 3 aliphatic rings. The zero-order valence-corrected chi connectivity index (χ0v) is 22.5. The molecule has 2 fully saturated rings. The van der Waals surface area contributed by atoms with Crippen molar-refractivity contribution in [2.45, 2.75) is 51.3 Å². The van der Waals surface area contributed by atoms with Gasteiger partial charge in [-0.1, -0.05) is 0 Å². The van der Waals surface area contributed by atoms with Crippen molar-refractivity contribution in [3.63, 3.8) is 0 Å². The van der Waals surface area contributed by atoms with Gasteiger partial charge in [-0.2, -0.15) is 0 Å². The summed E-state index contributed by atoms with van der Waals surface area (Å²) in [6.45, 7) is 2.83. The Kier molecular flexibility index (Phi) is 6.03. The Labute approximate surface area is 225 Å². The van der Waals surface area contributed by atoms with Crippen molar-refractivity contribution < 1.29 is 23.1 Å². The molecule has 5 N–H and O–H groups in total. The van der Waals surface area contributed by atoms with E-state index in [0.717, 1.165) is 19.1 Å². The van der Waals surface area contributed by atoms with Crippen LogP contribution in [0.3, 0.4) is 0 Å². The van der Waals surface area contributed by atoms with Crippen LogP contribution < -0.4 is 15.8 Å². The van der Waals surface area contributed by atoms with E-state index >= 15 is 0 Å². The highest BCUT2D eigenvalue weighted by Crippen LogP contribution is 2.41. The largest absolute Gasteiger partial charge is 0.393 e. The molecule has 12 nitrogen and oxygen atoms in total. The third kappa shape index (κ3) is 4.80. The van der Waals surface area contributed by atoms with Gasteiger partial charge in [-0.15, -0.1) is 5.10 Å². The van der Waals surface area contributed by atoms with E-state index in [9.17, 15) is 23.1 Å². The van der Waals surface area contributed by atoms with Crippen LogP contribution >= 0.6 is 0 Å². The van der Waals surface area contributed by atoms with Gasteiger partial charge in [0.15, 0.2) is 11.5 Å². The molecule has 3 aromatic rings. The lowest BCUT2D eigenvalue weighted by atomic mass is 9.82. The summed E-state index contributed by atoms with van der Waals surface area (Å²) in [5.74, 6) is 0.121. The van der Waals surface area contributed by atoms with Gasteiger partial charge in [0.05, 0.1) is 29.3 Å². The molecular formula is C26H31N7O5S. The SMILES string of the molecule is C[C@@H](C1CC1)N1Cc2cc(-c3ccn4nc(N)c(C(=O)NCC5CC(O)C5)c4n3)cc(NS(C)(=O)=O)c2C1=O.